The van der Waals surface area contributed by atoms with Crippen LogP contribution >= 0.6 is 22.9 Å². The van der Waals surface area contributed by atoms with Gasteiger partial charge in [-0.2, -0.15) is 0 Å². The van der Waals surface area contributed by atoms with E-state index in [2.05, 4.69) is 9.97 Å². The second-order valence-electron chi connectivity index (χ2n) is 5.73. The zero-order chi connectivity index (χ0) is 15.8. The minimum Gasteiger partial charge on any atom is -0.306 e. The molecule has 0 amide bonds. The molecule has 5 heteroatoms. The van der Waals surface area contributed by atoms with E-state index in [-0.39, 0.29) is 5.56 Å². The third-order valence-corrected chi connectivity index (χ3v) is 5.55. The van der Waals surface area contributed by atoms with Gasteiger partial charge < -0.3 is 4.98 Å². The first-order valence-corrected chi connectivity index (χ1v) is 8.88. The molecule has 3 nitrogen and oxygen atoms in total. The SMILES string of the molecule is O=c1[nH]c(C=Cc2cccc(Cl)c2)nc2sc3c(c12)CCCC3. The molecular formula is C18H15ClN2OS. The molecule has 2 heterocycles. The van der Waals surface area contributed by atoms with E-state index < -0.39 is 0 Å². The Morgan fingerprint density at radius 2 is 2.09 bits per heavy atom. The van der Waals surface area contributed by atoms with Crippen LogP contribution in [-0.4, -0.2) is 9.97 Å². The Morgan fingerprint density at radius 1 is 1.22 bits per heavy atom. The van der Waals surface area contributed by atoms with Gasteiger partial charge in [0.05, 0.1) is 5.39 Å². The van der Waals surface area contributed by atoms with Crippen molar-refractivity contribution in [3.8, 4) is 0 Å². The van der Waals surface area contributed by atoms with Gasteiger partial charge in [-0.15, -0.1) is 11.3 Å². The first-order chi connectivity index (χ1) is 11.2. The van der Waals surface area contributed by atoms with E-state index >= 15 is 0 Å². The van der Waals surface area contributed by atoms with E-state index in [4.69, 9.17) is 11.6 Å². The molecule has 0 aliphatic heterocycles. The Morgan fingerprint density at radius 3 is 2.96 bits per heavy atom. The molecule has 0 saturated heterocycles. The highest BCUT2D eigenvalue weighted by atomic mass is 35.5. The number of nitrogens with one attached hydrogen (secondary N) is 1. The lowest BCUT2D eigenvalue weighted by atomic mass is 9.97. The van der Waals surface area contributed by atoms with Crippen LogP contribution < -0.4 is 5.56 Å². The van der Waals surface area contributed by atoms with Gasteiger partial charge in [0.1, 0.15) is 10.7 Å². The molecule has 0 radical (unpaired) electrons. The van der Waals surface area contributed by atoms with Crippen molar-refractivity contribution in [3.05, 3.63) is 61.5 Å². The molecule has 0 fully saturated rings. The smallest absolute Gasteiger partial charge is 0.260 e. The summed E-state index contributed by atoms with van der Waals surface area (Å²) in [6.07, 6.45) is 8.17. The predicted octanol–water partition coefficient (Wildman–Crippen LogP) is 4.69. The van der Waals surface area contributed by atoms with Gasteiger partial charge in [0, 0.05) is 9.90 Å². The first-order valence-electron chi connectivity index (χ1n) is 7.69. The number of halogens is 1. The van der Waals surface area contributed by atoms with Gasteiger partial charge in [0.15, 0.2) is 0 Å². The Hall–Kier alpha value is -1.91. The van der Waals surface area contributed by atoms with Crippen LogP contribution in [-0.2, 0) is 12.8 Å². The van der Waals surface area contributed by atoms with Crippen molar-refractivity contribution in [1.29, 1.82) is 0 Å². The summed E-state index contributed by atoms with van der Waals surface area (Å²) in [4.78, 5) is 22.2. The topological polar surface area (TPSA) is 45.8 Å². The van der Waals surface area contributed by atoms with Gasteiger partial charge in [-0.05, 0) is 55.0 Å². The van der Waals surface area contributed by atoms with Crippen molar-refractivity contribution in [2.45, 2.75) is 25.7 Å². The van der Waals surface area contributed by atoms with Crippen LogP contribution in [0.25, 0.3) is 22.4 Å². The number of benzene rings is 1. The van der Waals surface area contributed by atoms with E-state index in [0.717, 1.165) is 35.0 Å². The number of fused-ring (bicyclic) bond motifs is 3. The van der Waals surface area contributed by atoms with Crippen molar-refractivity contribution < 1.29 is 0 Å². The zero-order valence-electron chi connectivity index (χ0n) is 12.4. The van der Waals surface area contributed by atoms with E-state index in [1.54, 1.807) is 11.3 Å². The zero-order valence-corrected chi connectivity index (χ0v) is 14.0. The minimum atomic E-state index is -0.0276. The van der Waals surface area contributed by atoms with E-state index in [0.29, 0.717) is 10.8 Å². The van der Waals surface area contributed by atoms with Crippen molar-refractivity contribution in [1.82, 2.24) is 9.97 Å². The van der Waals surface area contributed by atoms with Crippen molar-refractivity contribution in [2.24, 2.45) is 0 Å². The molecule has 1 aromatic carbocycles. The summed E-state index contributed by atoms with van der Waals surface area (Å²) < 4.78 is 0. The molecule has 116 valence electrons. The highest BCUT2D eigenvalue weighted by Gasteiger charge is 2.19. The van der Waals surface area contributed by atoms with Crippen LogP contribution in [0.4, 0.5) is 0 Å². The minimum absolute atomic E-state index is 0.0276. The maximum absolute atomic E-state index is 12.5. The Balaban J connectivity index is 1.75. The summed E-state index contributed by atoms with van der Waals surface area (Å²) >= 11 is 7.65. The maximum atomic E-state index is 12.5. The molecule has 0 spiro atoms. The Labute approximate surface area is 142 Å². The molecule has 23 heavy (non-hydrogen) atoms. The standard InChI is InChI=1S/C18H15ClN2OS/c19-12-5-3-4-11(10-12)8-9-15-20-17(22)16-13-6-1-2-7-14(13)23-18(16)21-15/h3-5,8-10H,1-2,6-7H2,(H,20,21,22). The maximum Gasteiger partial charge on any atom is 0.260 e. The summed E-state index contributed by atoms with van der Waals surface area (Å²) in [5.41, 5.74) is 2.17. The number of H-pyrrole nitrogens is 1. The van der Waals surface area contributed by atoms with Crippen LogP contribution in [0, 0.1) is 0 Å². The van der Waals surface area contributed by atoms with Crippen molar-refractivity contribution >= 4 is 45.3 Å². The van der Waals surface area contributed by atoms with Crippen LogP contribution in [0.5, 0.6) is 0 Å². The third-order valence-electron chi connectivity index (χ3n) is 4.13. The second kappa shape index (κ2) is 5.95. The number of hydrogen-bond donors (Lipinski definition) is 1. The first kappa shape index (κ1) is 14.7. The molecule has 3 aromatic rings. The lowest BCUT2D eigenvalue weighted by Crippen LogP contribution is -2.11. The van der Waals surface area contributed by atoms with Gasteiger partial charge in [-0.25, -0.2) is 4.98 Å². The second-order valence-corrected chi connectivity index (χ2v) is 7.25. The van der Waals surface area contributed by atoms with Gasteiger partial charge in [-0.3, -0.25) is 4.79 Å². The van der Waals surface area contributed by atoms with E-state index in [1.807, 2.05) is 36.4 Å². The van der Waals surface area contributed by atoms with Gasteiger partial charge >= 0.3 is 0 Å². The number of thiophene rings is 1. The largest absolute Gasteiger partial charge is 0.306 e. The quantitative estimate of drug-likeness (QED) is 0.734. The number of rotatable bonds is 2. The highest BCUT2D eigenvalue weighted by Crippen LogP contribution is 2.33. The lowest BCUT2D eigenvalue weighted by Gasteiger charge is -2.09. The number of aryl methyl sites for hydroxylation is 2. The van der Waals surface area contributed by atoms with Crippen molar-refractivity contribution in [3.63, 3.8) is 0 Å². The molecule has 1 N–H and O–H groups in total. The Kier molecular flexibility index (Phi) is 3.79. The van der Waals surface area contributed by atoms with Crippen molar-refractivity contribution in [2.75, 3.05) is 0 Å². The molecule has 1 aliphatic carbocycles. The van der Waals surface area contributed by atoms with Crippen LogP contribution in [0.3, 0.4) is 0 Å². The molecule has 0 bridgehead atoms. The summed E-state index contributed by atoms with van der Waals surface area (Å²) in [5.74, 6) is 0.584. The monoisotopic (exact) mass is 342 g/mol. The lowest BCUT2D eigenvalue weighted by molar-refractivity contribution is 0.700. The van der Waals surface area contributed by atoms with Gasteiger partial charge in [0.25, 0.3) is 5.56 Å². The number of hydrogen-bond acceptors (Lipinski definition) is 3. The molecule has 0 atom stereocenters. The normalized spacial score (nSPS) is 14.5. The Bertz CT molecular complexity index is 971. The number of aromatic amines is 1. The average Bonchev–Trinajstić information content (AvgIpc) is 2.92. The average molecular weight is 343 g/mol. The van der Waals surface area contributed by atoms with Crippen LogP contribution in [0.15, 0.2) is 29.1 Å². The number of nitrogens with zero attached hydrogens (tertiary/aromatic N) is 1. The predicted molar refractivity (Wildman–Crippen MR) is 97.3 cm³/mol. The molecule has 1 aliphatic rings. The fourth-order valence-electron chi connectivity index (χ4n) is 3.04. The molecule has 4 rings (SSSR count). The van der Waals surface area contributed by atoms with Gasteiger partial charge in [0.2, 0.25) is 0 Å². The van der Waals surface area contributed by atoms with Crippen LogP contribution in [0.2, 0.25) is 5.02 Å². The fourth-order valence-corrected chi connectivity index (χ4v) is 4.51. The van der Waals surface area contributed by atoms with Gasteiger partial charge in [-0.1, -0.05) is 29.8 Å². The fraction of sp³-hybridized carbons (Fsp3) is 0.222. The van der Waals surface area contributed by atoms with Crippen LogP contribution in [0.1, 0.15) is 34.7 Å². The summed E-state index contributed by atoms with van der Waals surface area (Å²) in [5, 5.41) is 1.49. The summed E-state index contributed by atoms with van der Waals surface area (Å²) in [6, 6.07) is 7.57. The molecule has 2 aromatic heterocycles. The van der Waals surface area contributed by atoms with E-state index in [9.17, 15) is 4.79 Å². The summed E-state index contributed by atoms with van der Waals surface area (Å²) in [6.45, 7) is 0. The number of aromatic nitrogens is 2. The third kappa shape index (κ3) is 2.84. The summed E-state index contributed by atoms with van der Waals surface area (Å²) in [7, 11) is 0. The molecule has 0 saturated carbocycles. The van der Waals surface area contributed by atoms with E-state index in [1.165, 1.54) is 16.9 Å². The molecular weight excluding hydrogens is 328 g/mol. The molecule has 0 unspecified atom stereocenters. The highest BCUT2D eigenvalue weighted by molar-refractivity contribution is 7.18.